The van der Waals surface area contributed by atoms with Crippen molar-refractivity contribution in [3.63, 3.8) is 0 Å². The normalized spacial score (nSPS) is 17.4. The molecule has 6 heteroatoms. The summed E-state index contributed by atoms with van der Waals surface area (Å²) in [6.45, 7) is 1.96. The van der Waals surface area contributed by atoms with Gasteiger partial charge in [-0.05, 0) is 30.7 Å². The average molecular weight is 239 g/mol. The smallest absolute Gasteiger partial charge is 0.322 e. The van der Waals surface area contributed by atoms with E-state index in [9.17, 15) is 9.59 Å². The van der Waals surface area contributed by atoms with E-state index in [1.165, 1.54) is 30.5 Å². The van der Waals surface area contributed by atoms with Crippen LogP contribution in [0, 0.1) is 0 Å². The number of amides is 1. The van der Waals surface area contributed by atoms with Crippen molar-refractivity contribution in [2.45, 2.75) is 32.1 Å². The quantitative estimate of drug-likeness (QED) is 0.675. The summed E-state index contributed by atoms with van der Waals surface area (Å²) in [7, 11) is 0. The Morgan fingerprint density at radius 3 is 3.06 bits per heavy atom. The van der Waals surface area contributed by atoms with Crippen molar-refractivity contribution in [3.05, 3.63) is 17.5 Å². The van der Waals surface area contributed by atoms with Gasteiger partial charge in [0, 0.05) is 5.69 Å². The minimum atomic E-state index is -1.04. The number of carbonyl (C=O) groups is 2. The summed E-state index contributed by atoms with van der Waals surface area (Å²) in [4.78, 5) is 18.9. The maximum atomic E-state index is 9.54. The average Bonchev–Trinajstić information content (AvgIpc) is 2.77. The molecule has 0 bridgehead atoms. The fraction of sp³-hybridized carbons (Fsp3) is 0.545. The number of H-pyrrole nitrogens is 1. The number of hydrogen-bond acceptors (Lipinski definition) is 3. The lowest BCUT2D eigenvalue weighted by Gasteiger charge is -2.16. The molecular formula is C11H17N3O3. The third-order valence-corrected chi connectivity index (χ3v) is 2.66. The molecule has 1 aromatic heterocycles. The van der Waals surface area contributed by atoms with Crippen molar-refractivity contribution >= 4 is 12.4 Å². The lowest BCUT2D eigenvalue weighted by molar-refractivity contribution is -0.136. The summed E-state index contributed by atoms with van der Waals surface area (Å²) in [5.74, 6) is -0.335. The number of carboxylic acid groups (broad SMARTS) is 1. The summed E-state index contributed by atoms with van der Waals surface area (Å²) in [5.41, 5.74) is 2.80. The molecule has 17 heavy (non-hydrogen) atoms. The van der Waals surface area contributed by atoms with Gasteiger partial charge in [-0.25, -0.2) is 0 Å². The van der Waals surface area contributed by atoms with Crippen molar-refractivity contribution < 1.29 is 14.7 Å². The number of fused-ring (bicyclic) bond motifs is 1. The first-order valence-electron chi connectivity index (χ1n) is 5.56. The van der Waals surface area contributed by atoms with Crippen LogP contribution < -0.4 is 5.32 Å². The predicted octanol–water partition coefficient (Wildman–Crippen LogP) is 0.667. The first-order chi connectivity index (χ1) is 8.15. The third kappa shape index (κ3) is 4.26. The molecule has 3 N–H and O–H groups in total. The van der Waals surface area contributed by atoms with E-state index < -0.39 is 5.97 Å². The standard InChI is InChI=1S/C8H12N2.C3H5NO3/c1-6-3-2-4-7-5-9-10-8(6)7;5-2-4-1-3(6)7/h5-6H,2-4H2,1H3,(H,9,10);2H,1H2,(H,4,5)(H,6,7). The van der Waals surface area contributed by atoms with E-state index in [2.05, 4.69) is 17.1 Å². The van der Waals surface area contributed by atoms with Gasteiger partial charge in [0.2, 0.25) is 6.41 Å². The summed E-state index contributed by atoms with van der Waals surface area (Å²) < 4.78 is 0. The van der Waals surface area contributed by atoms with Gasteiger partial charge in [0.1, 0.15) is 6.54 Å². The van der Waals surface area contributed by atoms with E-state index in [-0.39, 0.29) is 6.54 Å². The van der Waals surface area contributed by atoms with E-state index in [0.29, 0.717) is 12.3 Å². The maximum absolute atomic E-state index is 9.54. The minimum Gasteiger partial charge on any atom is -0.480 e. The van der Waals surface area contributed by atoms with Crippen LogP contribution in [0.1, 0.15) is 36.9 Å². The molecule has 1 atom stereocenters. The molecule has 94 valence electrons. The van der Waals surface area contributed by atoms with Gasteiger partial charge in [-0.2, -0.15) is 5.10 Å². The topological polar surface area (TPSA) is 95.1 Å². The van der Waals surface area contributed by atoms with Crippen LogP contribution in [0.25, 0.3) is 0 Å². The van der Waals surface area contributed by atoms with Crippen LogP contribution in [-0.4, -0.2) is 34.2 Å². The van der Waals surface area contributed by atoms with Crippen molar-refractivity contribution in [1.82, 2.24) is 15.5 Å². The summed E-state index contributed by atoms with van der Waals surface area (Å²) in [5, 5.41) is 16.9. The Morgan fingerprint density at radius 2 is 2.53 bits per heavy atom. The molecule has 0 saturated heterocycles. The second-order valence-electron chi connectivity index (χ2n) is 3.99. The molecule has 1 aliphatic carbocycles. The zero-order valence-corrected chi connectivity index (χ0v) is 9.77. The highest BCUT2D eigenvalue weighted by Crippen LogP contribution is 2.28. The molecule has 0 aliphatic heterocycles. The van der Waals surface area contributed by atoms with Gasteiger partial charge in [-0.15, -0.1) is 0 Å². The van der Waals surface area contributed by atoms with Crippen LogP contribution in [0.2, 0.25) is 0 Å². The molecular weight excluding hydrogens is 222 g/mol. The molecule has 0 fully saturated rings. The lowest BCUT2D eigenvalue weighted by Crippen LogP contribution is -2.20. The number of nitrogens with one attached hydrogen (secondary N) is 2. The van der Waals surface area contributed by atoms with E-state index in [4.69, 9.17) is 5.11 Å². The zero-order valence-electron chi connectivity index (χ0n) is 9.77. The van der Waals surface area contributed by atoms with Crippen LogP contribution in [0.5, 0.6) is 0 Å². The van der Waals surface area contributed by atoms with Crippen LogP contribution in [0.3, 0.4) is 0 Å². The highest BCUT2D eigenvalue weighted by Gasteiger charge is 2.16. The van der Waals surface area contributed by atoms with Gasteiger partial charge in [0.15, 0.2) is 0 Å². The second-order valence-corrected chi connectivity index (χ2v) is 3.99. The molecule has 6 nitrogen and oxygen atoms in total. The van der Waals surface area contributed by atoms with E-state index >= 15 is 0 Å². The number of carbonyl (C=O) groups excluding carboxylic acids is 1. The molecule has 1 heterocycles. The van der Waals surface area contributed by atoms with Crippen LogP contribution >= 0.6 is 0 Å². The van der Waals surface area contributed by atoms with Crippen LogP contribution in [-0.2, 0) is 16.0 Å². The van der Waals surface area contributed by atoms with Crippen LogP contribution in [0.4, 0.5) is 0 Å². The predicted molar refractivity (Wildman–Crippen MR) is 61.6 cm³/mol. The Hall–Kier alpha value is -1.85. The van der Waals surface area contributed by atoms with Crippen molar-refractivity contribution in [3.8, 4) is 0 Å². The molecule has 0 saturated carbocycles. The summed E-state index contributed by atoms with van der Waals surface area (Å²) in [6, 6.07) is 0. The number of aromatic amines is 1. The first kappa shape index (κ1) is 13.2. The number of nitrogens with zero attached hydrogens (tertiary/aromatic N) is 1. The highest BCUT2D eigenvalue weighted by molar-refractivity contribution is 5.71. The Bertz CT molecular complexity index is 376. The molecule has 2 rings (SSSR count). The Balaban J connectivity index is 0.000000185. The lowest BCUT2D eigenvalue weighted by atomic mass is 9.90. The molecule has 1 unspecified atom stereocenters. The number of carboxylic acids is 1. The maximum Gasteiger partial charge on any atom is 0.322 e. The Labute approximate surface area is 99.4 Å². The van der Waals surface area contributed by atoms with E-state index in [1.54, 1.807) is 0 Å². The molecule has 0 radical (unpaired) electrons. The SMILES string of the molecule is CC1CCCc2cn[nH]c21.O=CNCC(=O)O. The van der Waals surface area contributed by atoms with Crippen molar-refractivity contribution in [2.24, 2.45) is 0 Å². The molecule has 0 spiro atoms. The van der Waals surface area contributed by atoms with Gasteiger partial charge in [0.05, 0.1) is 6.20 Å². The molecule has 1 amide bonds. The zero-order chi connectivity index (χ0) is 12.7. The monoisotopic (exact) mass is 239 g/mol. The van der Waals surface area contributed by atoms with Crippen LogP contribution in [0.15, 0.2) is 6.20 Å². The van der Waals surface area contributed by atoms with Gasteiger partial charge < -0.3 is 10.4 Å². The third-order valence-electron chi connectivity index (χ3n) is 2.66. The number of aliphatic carboxylic acids is 1. The fourth-order valence-electron chi connectivity index (χ4n) is 1.82. The Kier molecular flexibility index (Phi) is 5.19. The van der Waals surface area contributed by atoms with E-state index in [0.717, 1.165) is 0 Å². The van der Waals surface area contributed by atoms with Gasteiger partial charge in [0.25, 0.3) is 0 Å². The first-order valence-corrected chi connectivity index (χ1v) is 5.56. The molecule has 0 aromatic carbocycles. The number of rotatable bonds is 3. The van der Waals surface area contributed by atoms with Crippen molar-refractivity contribution in [1.29, 1.82) is 0 Å². The largest absolute Gasteiger partial charge is 0.480 e. The summed E-state index contributed by atoms with van der Waals surface area (Å²) in [6.07, 6.45) is 6.16. The molecule has 1 aromatic rings. The number of aryl methyl sites for hydroxylation is 1. The summed E-state index contributed by atoms with van der Waals surface area (Å²) >= 11 is 0. The van der Waals surface area contributed by atoms with Gasteiger partial charge in [-0.3, -0.25) is 14.7 Å². The van der Waals surface area contributed by atoms with Crippen molar-refractivity contribution in [2.75, 3.05) is 6.54 Å². The number of aromatic nitrogens is 2. The Morgan fingerprint density at radius 1 is 1.76 bits per heavy atom. The molecule has 1 aliphatic rings. The van der Waals surface area contributed by atoms with E-state index in [1.807, 2.05) is 11.5 Å². The van der Waals surface area contributed by atoms with Gasteiger partial charge in [-0.1, -0.05) is 6.92 Å². The number of hydrogen-bond donors (Lipinski definition) is 3. The second kappa shape index (κ2) is 6.67. The van der Waals surface area contributed by atoms with Gasteiger partial charge >= 0.3 is 5.97 Å². The minimum absolute atomic E-state index is 0.302. The fourth-order valence-corrected chi connectivity index (χ4v) is 1.82. The highest BCUT2D eigenvalue weighted by atomic mass is 16.4.